The topological polar surface area (TPSA) is 78.6 Å². The molecule has 136 valence electrons. The Balaban J connectivity index is 1.90. The van der Waals surface area contributed by atoms with Gasteiger partial charge in [0.1, 0.15) is 6.26 Å². The first-order chi connectivity index (χ1) is 11.6. The first-order valence-electron chi connectivity index (χ1n) is 9.10. The molecule has 0 unspecified atom stereocenters. The van der Waals surface area contributed by atoms with Gasteiger partial charge in [0.25, 0.3) is 0 Å². The number of carbonyl (C=O) groups is 1. The predicted molar refractivity (Wildman–Crippen MR) is 91.6 cm³/mol. The molecule has 1 aromatic heterocycles. The quantitative estimate of drug-likeness (QED) is 0.533. The lowest BCUT2D eigenvalue weighted by molar-refractivity contribution is -0.129. The smallest absolute Gasteiger partial charge is 0.244 e. The lowest BCUT2D eigenvalue weighted by Crippen LogP contribution is -2.21. The third-order valence-corrected chi connectivity index (χ3v) is 4.84. The molecule has 24 heavy (non-hydrogen) atoms. The van der Waals surface area contributed by atoms with E-state index < -0.39 is 0 Å². The Morgan fingerprint density at radius 2 is 2.17 bits per heavy atom. The Labute approximate surface area is 144 Å². The minimum atomic E-state index is -0.384. The van der Waals surface area contributed by atoms with Gasteiger partial charge in [0.15, 0.2) is 5.89 Å². The van der Waals surface area contributed by atoms with Crippen molar-refractivity contribution in [2.45, 2.75) is 70.3 Å². The van der Waals surface area contributed by atoms with Gasteiger partial charge in [-0.05, 0) is 26.4 Å². The molecular weight excluding hydrogens is 306 g/mol. The van der Waals surface area contributed by atoms with Gasteiger partial charge in [0.2, 0.25) is 5.91 Å². The van der Waals surface area contributed by atoms with Crippen molar-refractivity contribution in [2.75, 3.05) is 14.1 Å². The SMILES string of the molecule is CN(C)Cc1coc([C@H](CCCC2CCCCC2)CC(=O)NO)n1. The van der Waals surface area contributed by atoms with Crippen LogP contribution >= 0.6 is 0 Å². The van der Waals surface area contributed by atoms with Gasteiger partial charge in [-0.3, -0.25) is 10.0 Å². The second-order valence-corrected chi connectivity index (χ2v) is 7.29. The summed E-state index contributed by atoms with van der Waals surface area (Å²) in [5.74, 6) is 0.987. The third kappa shape index (κ3) is 6.24. The van der Waals surface area contributed by atoms with Crippen LogP contribution in [0, 0.1) is 5.92 Å². The average molecular weight is 337 g/mol. The van der Waals surface area contributed by atoms with Crippen LogP contribution in [0.15, 0.2) is 10.7 Å². The van der Waals surface area contributed by atoms with E-state index >= 15 is 0 Å². The highest BCUT2D eigenvalue weighted by Gasteiger charge is 2.22. The van der Waals surface area contributed by atoms with Gasteiger partial charge < -0.3 is 9.32 Å². The monoisotopic (exact) mass is 337 g/mol. The molecule has 1 saturated carbocycles. The molecule has 2 rings (SSSR count). The molecule has 0 aliphatic heterocycles. The van der Waals surface area contributed by atoms with E-state index in [1.54, 1.807) is 11.7 Å². The molecular formula is C18H31N3O3. The van der Waals surface area contributed by atoms with E-state index in [0.717, 1.165) is 24.5 Å². The van der Waals surface area contributed by atoms with Crippen LogP contribution in [0.5, 0.6) is 0 Å². The summed E-state index contributed by atoms with van der Waals surface area (Å²) in [6, 6.07) is 0. The zero-order chi connectivity index (χ0) is 17.4. The van der Waals surface area contributed by atoms with Crippen molar-refractivity contribution < 1.29 is 14.4 Å². The Morgan fingerprint density at radius 3 is 2.83 bits per heavy atom. The van der Waals surface area contributed by atoms with E-state index in [2.05, 4.69) is 4.98 Å². The molecule has 1 amide bonds. The number of hydroxylamine groups is 1. The number of oxazole rings is 1. The molecule has 1 fully saturated rings. The van der Waals surface area contributed by atoms with E-state index in [0.29, 0.717) is 12.4 Å². The summed E-state index contributed by atoms with van der Waals surface area (Å²) in [5.41, 5.74) is 2.60. The van der Waals surface area contributed by atoms with Crippen LogP contribution in [0.4, 0.5) is 0 Å². The predicted octanol–water partition coefficient (Wildman–Crippen LogP) is 3.47. The third-order valence-electron chi connectivity index (χ3n) is 4.84. The lowest BCUT2D eigenvalue weighted by Gasteiger charge is -2.22. The average Bonchev–Trinajstić information content (AvgIpc) is 3.02. The second-order valence-electron chi connectivity index (χ2n) is 7.29. The number of hydrogen-bond donors (Lipinski definition) is 2. The van der Waals surface area contributed by atoms with Crippen LogP contribution in [0.2, 0.25) is 0 Å². The van der Waals surface area contributed by atoms with Gasteiger partial charge in [0.05, 0.1) is 5.69 Å². The Kier molecular flexibility index (Phi) is 7.72. The van der Waals surface area contributed by atoms with Crippen molar-refractivity contribution in [2.24, 2.45) is 5.92 Å². The number of amides is 1. The maximum absolute atomic E-state index is 11.6. The molecule has 6 nitrogen and oxygen atoms in total. The van der Waals surface area contributed by atoms with Crippen molar-refractivity contribution in [3.63, 3.8) is 0 Å². The fourth-order valence-electron chi connectivity index (χ4n) is 3.62. The van der Waals surface area contributed by atoms with Gasteiger partial charge in [-0.2, -0.15) is 0 Å². The largest absolute Gasteiger partial charge is 0.448 e. The molecule has 0 spiro atoms. The molecule has 0 aromatic carbocycles. The Bertz CT molecular complexity index is 495. The van der Waals surface area contributed by atoms with Crippen LogP contribution in [0.25, 0.3) is 0 Å². The van der Waals surface area contributed by atoms with Gasteiger partial charge in [-0.1, -0.05) is 44.9 Å². The standard InChI is InChI=1S/C18H31N3O3/c1-21(2)12-16-13-24-18(19-16)15(11-17(22)20-23)10-6-9-14-7-4-3-5-8-14/h13-15,23H,3-12H2,1-2H3,(H,20,22)/t15-/m1/s1. The van der Waals surface area contributed by atoms with Crippen molar-refractivity contribution in [3.05, 3.63) is 17.8 Å². The molecule has 6 heteroatoms. The zero-order valence-corrected chi connectivity index (χ0v) is 15.0. The number of carbonyl (C=O) groups excluding carboxylic acids is 1. The fourth-order valence-corrected chi connectivity index (χ4v) is 3.62. The first-order valence-corrected chi connectivity index (χ1v) is 9.10. The number of nitrogens with one attached hydrogen (secondary N) is 1. The van der Waals surface area contributed by atoms with Crippen LogP contribution < -0.4 is 5.48 Å². The minimum Gasteiger partial charge on any atom is -0.448 e. The normalized spacial score (nSPS) is 17.2. The summed E-state index contributed by atoms with van der Waals surface area (Å²) in [6.45, 7) is 0.713. The molecule has 0 radical (unpaired) electrons. The number of hydrogen-bond acceptors (Lipinski definition) is 5. The van der Waals surface area contributed by atoms with Crippen molar-refractivity contribution >= 4 is 5.91 Å². The van der Waals surface area contributed by atoms with E-state index in [1.165, 1.54) is 38.5 Å². The van der Waals surface area contributed by atoms with Crippen LogP contribution in [0.3, 0.4) is 0 Å². The van der Waals surface area contributed by atoms with E-state index in [9.17, 15) is 4.79 Å². The fraction of sp³-hybridized carbons (Fsp3) is 0.778. The number of rotatable bonds is 9. The van der Waals surface area contributed by atoms with Gasteiger partial charge in [-0.15, -0.1) is 0 Å². The Morgan fingerprint density at radius 1 is 1.42 bits per heavy atom. The summed E-state index contributed by atoms with van der Waals surface area (Å²) in [7, 11) is 3.96. The summed E-state index contributed by atoms with van der Waals surface area (Å²) in [5, 5.41) is 8.83. The lowest BCUT2D eigenvalue weighted by atomic mass is 9.84. The van der Waals surface area contributed by atoms with Gasteiger partial charge in [0, 0.05) is 18.9 Å². The molecule has 1 aliphatic carbocycles. The van der Waals surface area contributed by atoms with Crippen LogP contribution in [-0.2, 0) is 11.3 Å². The summed E-state index contributed by atoms with van der Waals surface area (Å²) in [4.78, 5) is 18.2. The number of nitrogens with zero attached hydrogens (tertiary/aromatic N) is 2. The zero-order valence-electron chi connectivity index (χ0n) is 15.0. The summed E-state index contributed by atoms with van der Waals surface area (Å²) in [6.07, 6.45) is 11.8. The molecule has 2 N–H and O–H groups in total. The van der Waals surface area contributed by atoms with Crippen molar-refractivity contribution in [3.8, 4) is 0 Å². The minimum absolute atomic E-state index is 0.0725. The molecule has 1 aromatic rings. The van der Waals surface area contributed by atoms with Crippen molar-refractivity contribution in [1.29, 1.82) is 0 Å². The van der Waals surface area contributed by atoms with Crippen LogP contribution in [-0.4, -0.2) is 35.1 Å². The Hall–Kier alpha value is -1.40. The van der Waals surface area contributed by atoms with Crippen molar-refractivity contribution in [1.82, 2.24) is 15.4 Å². The number of aromatic nitrogens is 1. The van der Waals surface area contributed by atoms with E-state index in [1.807, 2.05) is 19.0 Å². The molecule has 0 saturated heterocycles. The van der Waals surface area contributed by atoms with Gasteiger partial charge >= 0.3 is 0 Å². The highest BCUT2D eigenvalue weighted by molar-refractivity contribution is 5.75. The highest BCUT2D eigenvalue weighted by Crippen LogP contribution is 2.31. The molecule has 1 aliphatic rings. The molecule has 1 atom stereocenters. The molecule has 1 heterocycles. The highest BCUT2D eigenvalue weighted by atomic mass is 16.5. The molecule has 0 bridgehead atoms. The van der Waals surface area contributed by atoms with E-state index in [-0.39, 0.29) is 18.2 Å². The van der Waals surface area contributed by atoms with Gasteiger partial charge in [-0.25, -0.2) is 10.5 Å². The summed E-state index contributed by atoms with van der Waals surface area (Å²) >= 11 is 0. The first kappa shape index (κ1) is 18.9. The van der Waals surface area contributed by atoms with E-state index in [4.69, 9.17) is 9.62 Å². The second kappa shape index (κ2) is 9.79. The maximum atomic E-state index is 11.6. The summed E-state index contributed by atoms with van der Waals surface area (Å²) < 4.78 is 5.62. The van der Waals surface area contributed by atoms with Crippen LogP contribution in [0.1, 0.15) is 75.3 Å². The maximum Gasteiger partial charge on any atom is 0.244 e.